The molecule has 1 aliphatic rings. The highest BCUT2D eigenvalue weighted by Gasteiger charge is 2.23. The quantitative estimate of drug-likeness (QED) is 0.553. The van der Waals surface area contributed by atoms with Gasteiger partial charge in [0.15, 0.2) is 0 Å². The molecule has 1 saturated heterocycles. The fraction of sp³-hybridized carbons (Fsp3) is 0.200. The molecule has 1 fully saturated rings. The Bertz CT molecular complexity index is 1040. The highest BCUT2D eigenvalue weighted by Crippen LogP contribution is 2.30. The van der Waals surface area contributed by atoms with Crippen LogP contribution in [0, 0.1) is 10.1 Å². The molecule has 1 N–H and O–H groups in total. The Hall–Kier alpha value is -3.52. The van der Waals surface area contributed by atoms with Gasteiger partial charge in [0.05, 0.1) is 29.3 Å². The monoisotopic (exact) mass is 378 g/mol. The number of hydrogen-bond acceptors (Lipinski definition) is 6. The van der Waals surface area contributed by atoms with Gasteiger partial charge in [0, 0.05) is 36.3 Å². The third-order valence-corrected chi connectivity index (χ3v) is 4.68. The second-order valence-corrected chi connectivity index (χ2v) is 6.39. The molecule has 8 heteroatoms. The Morgan fingerprint density at radius 1 is 1.14 bits per heavy atom. The van der Waals surface area contributed by atoms with Crippen molar-refractivity contribution in [2.75, 3.05) is 36.5 Å². The van der Waals surface area contributed by atoms with E-state index in [1.165, 1.54) is 6.07 Å². The minimum absolute atomic E-state index is 0.0888. The number of nitro benzene ring substituents is 1. The van der Waals surface area contributed by atoms with Gasteiger partial charge in [0.1, 0.15) is 5.69 Å². The van der Waals surface area contributed by atoms with E-state index in [0.717, 1.165) is 10.9 Å². The molecule has 0 unspecified atom stereocenters. The maximum Gasteiger partial charge on any atom is 0.293 e. The van der Waals surface area contributed by atoms with Gasteiger partial charge in [-0.1, -0.05) is 6.07 Å². The summed E-state index contributed by atoms with van der Waals surface area (Å²) in [4.78, 5) is 30.0. The average molecular weight is 378 g/mol. The highest BCUT2D eigenvalue weighted by molar-refractivity contribution is 6.09. The van der Waals surface area contributed by atoms with E-state index >= 15 is 0 Å². The number of nitro groups is 1. The molecule has 0 saturated carbocycles. The van der Waals surface area contributed by atoms with Crippen molar-refractivity contribution >= 4 is 33.9 Å². The molecule has 142 valence electrons. The highest BCUT2D eigenvalue weighted by atomic mass is 16.6. The zero-order valence-electron chi connectivity index (χ0n) is 15.0. The lowest BCUT2D eigenvalue weighted by molar-refractivity contribution is -0.384. The predicted octanol–water partition coefficient (Wildman–Crippen LogP) is 3.23. The van der Waals surface area contributed by atoms with E-state index < -0.39 is 10.8 Å². The van der Waals surface area contributed by atoms with Gasteiger partial charge in [0.2, 0.25) is 0 Å². The zero-order valence-corrected chi connectivity index (χ0v) is 15.0. The van der Waals surface area contributed by atoms with Crippen LogP contribution < -0.4 is 10.2 Å². The van der Waals surface area contributed by atoms with Gasteiger partial charge in [-0.25, -0.2) is 0 Å². The van der Waals surface area contributed by atoms with Crippen molar-refractivity contribution < 1.29 is 14.5 Å². The van der Waals surface area contributed by atoms with Crippen molar-refractivity contribution in [2.45, 2.75) is 0 Å². The molecule has 0 bridgehead atoms. The molecule has 0 radical (unpaired) electrons. The number of morpholine rings is 1. The molecular weight excluding hydrogens is 360 g/mol. The molecule has 8 nitrogen and oxygen atoms in total. The van der Waals surface area contributed by atoms with Gasteiger partial charge in [0.25, 0.3) is 11.6 Å². The number of benzene rings is 2. The summed E-state index contributed by atoms with van der Waals surface area (Å²) in [7, 11) is 0. The Balaban J connectivity index is 1.64. The van der Waals surface area contributed by atoms with E-state index in [1.54, 1.807) is 36.5 Å². The second-order valence-electron chi connectivity index (χ2n) is 6.39. The molecule has 0 aliphatic carbocycles. The van der Waals surface area contributed by atoms with Crippen molar-refractivity contribution in [3.63, 3.8) is 0 Å². The number of anilines is 2. The van der Waals surface area contributed by atoms with Crippen molar-refractivity contribution in [3.8, 4) is 0 Å². The van der Waals surface area contributed by atoms with Gasteiger partial charge in [-0.3, -0.25) is 19.9 Å². The van der Waals surface area contributed by atoms with Crippen LogP contribution in [0.25, 0.3) is 10.9 Å². The first-order valence-electron chi connectivity index (χ1n) is 8.90. The second kappa shape index (κ2) is 7.61. The summed E-state index contributed by atoms with van der Waals surface area (Å²) in [5.41, 5.74) is 2.00. The lowest BCUT2D eigenvalue weighted by Crippen LogP contribution is -2.36. The number of ether oxygens (including phenoxy) is 1. The normalized spacial score (nSPS) is 14.1. The number of pyridine rings is 1. The number of carbonyl (C=O) groups is 1. The largest absolute Gasteiger partial charge is 0.378 e. The first-order chi connectivity index (χ1) is 13.6. The zero-order chi connectivity index (χ0) is 19.5. The van der Waals surface area contributed by atoms with Crippen LogP contribution in [0.3, 0.4) is 0 Å². The Morgan fingerprint density at radius 3 is 2.75 bits per heavy atom. The molecule has 2 aromatic carbocycles. The third-order valence-electron chi connectivity index (χ3n) is 4.68. The van der Waals surface area contributed by atoms with Gasteiger partial charge < -0.3 is 15.0 Å². The van der Waals surface area contributed by atoms with Gasteiger partial charge in [-0.05, 0) is 36.4 Å². The van der Waals surface area contributed by atoms with E-state index in [4.69, 9.17) is 4.74 Å². The molecule has 1 aliphatic heterocycles. The number of rotatable bonds is 4. The molecule has 1 aromatic heterocycles. The summed E-state index contributed by atoms with van der Waals surface area (Å²) < 4.78 is 5.30. The minimum atomic E-state index is -0.455. The Kier molecular flexibility index (Phi) is 4.86. The van der Waals surface area contributed by atoms with E-state index in [2.05, 4.69) is 10.3 Å². The molecule has 3 aromatic rings. The van der Waals surface area contributed by atoms with Crippen molar-refractivity contribution in [1.29, 1.82) is 0 Å². The summed E-state index contributed by atoms with van der Waals surface area (Å²) in [5, 5.41) is 15.2. The van der Waals surface area contributed by atoms with Gasteiger partial charge in [-0.15, -0.1) is 0 Å². The number of fused-ring (bicyclic) bond motifs is 1. The van der Waals surface area contributed by atoms with Crippen molar-refractivity contribution in [1.82, 2.24) is 4.98 Å². The molecule has 0 spiro atoms. The van der Waals surface area contributed by atoms with Gasteiger partial charge >= 0.3 is 0 Å². The van der Waals surface area contributed by atoms with Crippen LogP contribution in [0.5, 0.6) is 0 Å². The smallest absolute Gasteiger partial charge is 0.293 e. The predicted molar refractivity (Wildman–Crippen MR) is 106 cm³/mol. The topological polar surface area (TPSA) is 97.6 Å². The Morgan fingerprint density at radius 2 is 1.96 bits per heavy atom. The lowest BCUT2D eigenvalue weighted by Gasteiger charge is -2.28. The number of nitrogens with one attached hydrogen (secondary N) is 1. The van der Waals surface area contributed by atoms with Crippen LogP contribution in [0.15, 0.2) is 54.7 Å². The van der Waals surface area contributed by atoms with Gasteiger partial charge in [-0.2, -0.15) is 0 Å². The summed E-state index contributed by atoms with van der Waals surface area (Å²) in [5.74, 6) is -0.409. The number of hydrogen-bond donors (Lipinski definition) is 1. The average Bonchev–Trinajstić information content (AvgIpc) is 2.74. The van der Waals surface area contributed by atoms with Crippen LogP contribution in [0.2, 0.25) is 0 Å². The van der Waals surface area contributed by atoms with Crippen LogP contribution >= 0.6 is 0 Å². The van der Waals surface area contributed by atoms with Crippen LogP contribution in [-0.4, -0.2) is 42.1 Å². The molecular formula is C20H18N4O4. The molecule has 2 heterocycles. The van der Waals surface area contributed by atoms with E-state index in [-0.39, 0.29) is 11.3 Å². The SMILES string of the molecule is O=C(Nc1cccc2ncccc12)c1ccc(N2CCOCC2)c([N+](=O)[O-])c1. The summed E-state index contributed by atoms with van der Waals surface area (Å²) >= 11 is 0. The first-order valence-corrected chi connectivity index (χ1v) is 8.90. The first kappa shape index (κ1) is 17.9. The summed E-state index contributed by atoms with van der Waals surface area (Å²) in [6.07, 6.45) is 1.68. The standard InChI is InChI=1S/C20H18N4O4/c25-20(22-17-5-1-4-16-15(17)3-2-8-21-16)14-6-7-18(19(13-14)24(26)27)23-9-11-28-12-10-23/h1-8,13H,9-12H2,(H,22,25). The summed E-state index contributed by atoms with van der Waals surface area (Å²) in [6, 6.07) is 13.6. The maximum atomic E-state index is 12.7. The fourth-order valence-corrected chi connectivity index (χ4v) is 3.29. The fourth-order valence-electron chi connectivity index (χ4n) is 3.29. The summed E-state index contributed by atoms with van der Waals surface area (Å²) in [6.45, 7) is 2.20. The van der Waals surface area contributed by atoms with Crippen molar-refractivity contribution in [3.05, 3.63) is 70.4 Å². The maximum absolute atomic E-state index is 12.7. The molecule has 28 heavy (non-hydrogen) atoms. The van der Waals surface area contributed by atoms with Crippen LogP contribution in [0.1, 0.15) is 10.4 Å². The number of aromatic nitrogens is 1. The molecule has 4 rings (SSSR count). The Labute approximate surface area is 160 Å². The van der Waals surface area contributed by atoms with Crippen LogP contribution in [-0.2, 0) is 4.74 Å². The molecule has 1 amide bonds. The van der Waals surface area contributed by atoms with E-state index in [1.807, 2.05) is 17.0 Å². The minimum Gasteiger partial charge on any atom is -0.378 e. The van der Waals surface area contributed by atoms with E-state index in [9.17, 15) is 14.9 Å². The number of nitrogens with zero attached hydrogens (tertiary/aromatic N) is 3. The molecule has 0 atom stereocenters. The number of amides is 1. The third kappa shape index (κ3) is 3.49. The number of carbonyl (C=O) groups excluding carboxylic acids is 1. The van der Waals surface area contributed by atoms with Crippen LogP contribution in [0.4, 0.5) is 17.1 Å². The lowest BCUT2D eigenvalue weighted by atomic mass is 10.1. The van der Waals surface area contributed by atoms with Crippen molar-refractivity contribution in [2.24, 2.45) is 0 Å². The van der Waals surface area contributed by atoms with E-state index in [0.29, 0.717) is 37.7 Å².